The molecule has 0 aromatic heterocycles. The molecule has 7 nitrogen and oxygen atoms in total. The summed E-state index contributed by atoms with van der Waals surface area (Å²) in [4.78, 5) is 8.76. The SMILES string of the molecule is CC#CCN1CCCC(NC2=C3C=NC=C3NCN2C#Cc2cc(OC)cc(OC)c2)C1. The number of aliphatic imine (C=N–C) groups is 1. The zero-order chi connectivity index (χ0) is 22.3. The Morgan fingerprint density at radius 1 is 1.22 bits per heavy atom. The molecule has 0 saturated carbocycles. The molecule has 3 aliphatic rings. The van der Waals surface area contributed by atoms with E-state index in [9.17, 15) is 0 Å². The highest BCUT2D eigenvalue weighted by Crippen LogP contribution is 2.24. The molecule has 1 aromatic rings. The number of benzene rings is 1. The molecule has 3 heterocycles. The van der Waals surface area contributed by atoms with Gasteiger partial charge in [-0.2, -0.15) is 0 Å². The van der Waals surface area contributed by atoms with Crippen molar-refractivity contribution < 1.29 is 9.47 Å². The fourth-order valence-corrected chi connectivity index (χ4v) is 4.01. The lowest BCUT2D eigenvalue weighted by molar-refractivity contribution is 0.208. The Hall–Kier alpha value is -3.55. The summed E-state index contributed by atoms with van der Waals surface area (Å²) in [7, 11) is 3.28. The van der Waals surface area contributed by atoms with E-state index in [2.05, 4.69) is 44.3 Å². The summed E-state index contributed by atoms with van der Waals surface area (Å²) in [5.74, 6) is 11.9. The van der Waals surface area contributed by atoms with Crippen molar-refractivity contribution in [2.24, 2.45) is 4.99 Å². The van der Waals surface area contributed by atoms with Crippen LogP contribution < -0.4 is 20.1 Å². The van der Waals surface area contributed by atoms with Gasteiger partial charge in [0.25, 0.3) is 0 Å². The summed E-state index contributed by atoms with van der Waals surface area (Å²) in [6, 6.07) is 9.29. The van der Waals surface area contributed by atoms with Gasteiger partial charge in [-0.15, -0.1) is 5.92 Å². The molecule has 7 heteroatoms. The van der Waals surface area contributed by atoms with Crippen molar-refractivity contribution in [3.05, 3.63) is 47.1 Å². The monoisotopic (exact) mass is 431 g/mol. The van der Waals surface area contributed by atoms with Gasteiger partial charge in [0.05, 0.1) is 38.2 Å². The first-order valence-corrected chi connectivity index (χ1v) is 10.8. The molecule has 1 fully saturated rings. The molecule has 4 rings (SSSR count). The molecule has 0 spiro atoms. The van der Waals surface area contributed by atoms with E-state index in [0.717, 1.165) is 55.1 Å². The summed E-state index contributed by atoms with van der Waals surface area (Å²) in [5.41, 5.74) is 2.89. The first kappa shape index (κ1) is 21.7. The molecule has 2 N–H and O–H groups in total. The Morgan fingerprint density at radius 3 is 2.78 bits per heavy atom. The number of methoxy groups -OCH3 is 2. The molecule has 1 saturated heterocycles. The summed E-state index contributed by atoms with van der Waals surface area (Å²) >= 11 is 0. The Bertz CT molecular complexity index is 1050. The Balaban J connectivity index is 1.57. The maximum absolute atomic E-state index is 5.37. The van der Waals surface area contributed by atoms with E-state index in [1.54, 1.807) is 14.2 Å². The number of likely N-dealkylation sites (tertiary alicyclic amines) is 1. The van der Waals surface area contributed by atoms with Crippen molar-refractivity contribution in [2.75, 3.05) is 40.5 Å². The first-order chi connectivity index (χ1) is 15.7. The minimum absolute atomic E-state index is 0.333. The van der Waals surface area contributed by atoms with Gasteiger partial charge in [-0.1, -0.05) is 5.92 Å². The lowest BCUT2D eigenvalue weighted by atomic mass is 10.0. The van der Waals surface area contributed by atoms with E-state index < -0.39 is 0 Å². The van der Waals surface area contributed by atoms with Crippen molar-refractivity contribution in [1.82, 2.24) is 20.4 Å². The fraction of sp³-hybridized carbons (Fsp3) is 0.400. The first-order valence-electron chi connectivity index (χ1n) is 10.8. The summed E-state index contributed by atoms with van der Waals surface area (Å²) in [6.07, 6.45) is 6.01. The van der Waals surface area contributed by atoms with Crippen LogP contribution in [0.15, 0.2) is 46.5 Å². The quantitative estimate of drug-likeness (QED) is 0.697. The molecule has 3 aliphatic heterocycles. The summed E-state index contributed by atoms with van der Waals surface area (Å²) < 4.78 is 10.7. The number of fused-ring (bicyclic) bond motifs is 1. The lowest BCUT2D eigenvalue weighted by Crippen LogP contribution is -2.50. The lowest BCUT2D eigenvalue weighted by Gasteiger charge is -2.37. The number of ether oxygens (including phenoxy) is 2. The van der Waals surface area contributed by atoms with Gasteiger partial charge in [0.1, 0.15) is 24.0 Å². The molecule has 0 aliphatic carbocycles. The van der Waals surface area contributed by atoms with Crippen LogP contribution in [-0.4, -0.2) is 62.6 Å². The second kappa shape index (κ2) is 10.2. The van der Waals surface area contributed by atoms with Crippen LogP contribution in [0.1, 0.15) is 25.3 Å². The van der Waals surface area contributed by atoms with E-state index in [-0.39, 0.29) is 0 Å². The van der Waals surface area contributed by atoms with Crippen LogP contribution in [0, 0.1) is 23.8 Å². The van der Waals surface area contributed by atoms with Gasteiger partial charge in [0.2, 0.25) is 0 Å². The van der Waals surface area contributed by atoms with Gasteiger partial charge >= 0.3 is 0 Å². The van der Waals surface area contributed by atoms with Crippen LogP contribution in [-0.2, 0) is 0 Å². The fourth-order valence-electron chi connectivity index (χ4n) is 4.01. The molecule has 166 valence electrons. The van der Waals surface area contributed by atoms with Crippen LogP contribution in [0.25, 0.3) is 0 Å². The predicted octanol–water partition coefficient (Wildman–Crippen LogP) is 2.09. The molecule has 1 unspecified atom stereocenters. The van der Waals surface area contributed by atoms with Crippen LogP contribution in [0.2, 0.25) is 0 Å². The molecular formula is C25H29N5O2. The van der Waals surface area contributed by atoms with Gasteiger partial charge in [0, 0.05) is 36.5 Å². The number of piperidine rings is 1. The van der Waals surface area contributed by atoms with Crippen LogP contribution in [0.4, 0.5) is 0 Å². The number of hydrogen-bond donors (Lipinski definition) is 2. The third-order valence-electron chi connectivity index (χ3n) is 5.66. The maximum atomic E-state index is 5.37. The Morgan fingerprint density at radius 2 is 2.03 bits per heavy atom. The number of hydrogen-bond acceptors (Lipinski definition) is 7. The molecule has 1 atom stereocenters. The van der Waals surface area contributed by atoms with Gasteiger partial charge in [-0.3, -0.25) is 14.8 Å². The standard InChI is InChI=1S/C25H29N5O2/c1-4-5-9-29-10-6-7-20(17-29)28-25-23-15-26-16-24(23)27-18-30(25)11-8-19-12-21(31-2)14-22(13-19)32-3/h12-16,20,27-28H,6-7,9-10,17-18H2,1-3H3. The van der Waals surface area contributed by atoms with E-state index in [1.165, 1.54) is 0 Å². The topological polar surface area (TPSA) is 61.4 Å². The largest absolute Gasteiger partial charge is 0.497 e. The van der Waals surface area contributed by atoms with Crippen LogP contribution in [0.5, 0.6) is 11.5 Å². The highest BCUT2D eigenvalue weighted by molar-refractivity contribution is 5.89. The van der Waals surface area contributed by atoms with E-state index in [4.69, 9.17) is 9.47 Å². The number of nitrogens with zero attached hydrogens (tertiary/aromatic N) is 3. The number of nitrogens with one attached hydrogen (secondary N) is 2. The highest BCUT2D eigenvalue weighted by Gasteiger charge is 2.27. The third-order valence-corrected chi connectivity index (χ3v) is 5.66. The smallest absolute Gasteiger partial charge is 0.126 e. The van der Waals surface area contributed by atoms with E-state index in [1.807, 2.05) is 42.4 Å². The minimum Gasteiger partial charge on any atom is -0.497 e. The van der Waals surface area contributed by atoms with Crippen molar-refractivity contribution >= 4 is 6.21 Å². The zero-order valence-corrected chi connectivity index (χ0v) is 18.9. The average molecular weight is 432 g/mol. The second-order valence-electron chi connectivity index (χ2n) is 7.83. The van der Waals surface area contributed by atoms with Crippen molar-refractivity contribution in [1.29, 1.82) is 0 Å². The molecular weight excluding hydrogens is 402 g/mol. The number of rotatable bonds is 5. The van der Waals surface area contributed by atoms with E-state index in [0.29, 0.717) is 24.2 Å². The third kappa shape index (κ3) is 5.01. The molecule has 1 aromatic carbocycles. The Kier molecular flexibility index (Phi) is 6.89. The number of allylic oxidation sites excluding steroid dienone is 1. The zero-order valence-electron chi connectivity index (χ0n) is 18.9. The highest BCUT2D eigenvalue weighted by atomic mass is 16.5. The Labute approximate surface area is 190 Å². The molecule has 0 bridgehead atoms. The van der Waals surface area contributed by atoms with Crippen molar-refractivity contribution in [3.8, 4) is 35.3 Å². The maximum Gasteiger partial charge on any atom is 0.126 e. The molecule has 0 radical (unpaired) electrons. The van der Waals surface area contributed by atoms with E-state index >= 15 is 0 Å². The van der Waals surface area contributed by atoms with Crippen LogP contribution >= 0.6 is 0 Å². The van der Waals surface area contributed by atoms with Gasteiger partial charge < -0.3 is 20.1 Å². The average Bonchev–Trinajstić information content (AvgIpc) is 3.31. The van der Waals surface area contributed by atoms with Gasteiger partial charge in [-0.25, -0.2) is 0 Å². The van der Waals surface area contributed by atoms with Gasteiger partial charge in [0.15, 0.2) is 0 Å². The van der Waals surface area contributed by atoms with Gasteiger partial charge in [-0.05, 0) is 44.4 Å². The van der Waals surface area contributed by atoms with Crippen LogP contribution in [0.3, 0.4) is 0 Å². The summed E-state index contributed by atoms with van der Waals surface area (Å²) in [5, 5.41) is 7.16. The van der Waals surface area contributed by atoms with Crippen molar-refractivity contribution in [3.63, 3.8) is 0 Å². The molecule has 32 heavy (non-hydrogen) atoms. The summed E-state index contributed by atoms with van der Waals surface area (Å²) in [6.45, 7) is 5.34. The normalized spacial score (nSPS) is 19.7. The van der Waals surface area contributed by atoms with Crippen molar-refractivity contribution in [2.45, 2.75) is 25.8 Å². The minimum atomic E-state index is 0.333. The predicted molar refractivity (Wildman–Crippen MR) is 126 cm³/mol. The second-order valence-corrected chi connectivity index (χ2v) is 7.83. The molecule has 0 amide bonds.